The predicted molar refractivity (Wildman–Crippen MR) is 107 cm³/mol. The number of para-hydroxylation sites is 2. The van der Waals surface area contributed by atoms with Gasteiger partial charge in [0.05, 0.1) is 18.4 Å². The molecule has 2 aliphatic rings. The normalized spacial score (nSPS) is 16.9. The van der Waals surface area contributed by atoms with Gasteiger partial charge in [-0.15, -0.1) is 11.8 Å². The van der Waals surface area contributed by atoms with Crippen molar-refractivity contribution in [2.45, 2.75) is 11.3 Å². The maximum absolute atomic E-state index is 13.1. The molecule has 0 N–H and O–H groups in total. The smallest absolute Gasteiger partial charge is 0.255 e. The fourth-order valence-corrected chi connectivity index (χ4v) is 4.81. The van der Waals surface area contributed by atoms with E-state index in [9.17, 15) is 9.59 Å². The zero-order valence-corrected chi connectivity index (χ0v) is 16.1. The van der Waals surface area contributed by atoms with E-state index in [1.165, 1.54) is 0 Å². The van der Waals surface area contributed by atoms with Crippen molar-refractivity contribution in [1.82, 2.24) is 4.90 Å². The van der Waals surface area contributed by atoms with Crippen LogP contribution in [0, 0.1) is 0 Å². The minimum absolute atomic E-state index is 0.0220. The van der Waals surface area contributed by atoms with Crippen LogP contribution in [0.3, 0.4) is 0 Å². The van der Waals surface area contributed by atoms with Gasteiger partial charge in [-0.05, 0) is 18.2 Å². The minimum atomic E-state index is 0.0220. The van der Waals surface area contributed by atoms with Crippen molar-refractivity contribution in [1.29, 1.82) is 0 Å². The van der Waals surface area contributed by atoms with Gasteiger partial charge in [-0.25, -0.2) is 0 Å². The minimum Gasteiger partial charge on any atom is -0.495 e. The molecule has 1 saturated heterocycles. The summed E-state index contributed by atoms with van der Waals surface area (Å²) in [5.74, 6) is 1.76. The molecule has 2 heterocycles. The van der Waals surface area contributed by atoms with Gasteiger partial charge in [0.1, 0.15) is 5.75 Å². The van der Waals surface area contributed by atoms with Gasteiger partial charge in [0.15, 0.2) is 5.78 Å². The first-order valence-electron chi connectivity index (χ1n) is 9.15. The lowest BCUT2D eigenvalue weighted by atomic mass is 10.0. The van der Waals surface area contributed by atoms with E-state index in [0.29, 0.717) is 30.6 Å². The molecular weight excluding hydrogens is 360 g/mol. The van der Waals surface area contributed by atoms with Crippen molar-refractivity contribution in [2.75, 3.05) is 43.9 Å². The van der Waals surface area contributed by atoms with E-state index < -0.39 is 0 Å². The summed E-state index contributed by atoms with van der Waals surface area (Å²) in [6.45, 7) is 2.82. The molecule has 6 heteroatoms. The Kier molecular flexibility index (Phi) is 5.07. The van der Waals surface area contributed by atoms with E-state index in [0.717, 1.165) is 35.2 Å². The molecule has 4 rings (SSSR count). The standard InChI is InChI=1S/C21H22N2O3S/c1-26-19-8-3-2-7-17(19)22-10-12-23(13-11-22)21(25)16-6-4-5-15-18(24)9-14-27-20(15)16/h2-8H,9-14H2,1H3. The van der Waals surface area contributed by atoms with Crippen molar-refractivity contribution < 1.29 is 14.3 Å². The van der Waals surface area contributed by atoms with Gasteiger partial charge in [-0.3, -0.25) is 9.59 Å². The summed E-state index contributed by atoms with van der Waals surface area (Å²) in [6, 6.07) is 13.5. The van der Waals surface area contributed by atoms with Crippen molar-refractivity contribution in [2.24, 2.45) is 0 Å². The van der Waals surface area contributed by atoms with Gasteiger partial charge >= 0.3 is 0 Å². The van der Waals surface area contributed by atoms with Gasteiger partial charge < -0.3 is 14.5 Å². The zero-order valence-electron chi connectivity index (χ0n) is 15.3. The highest BCUT2D eigenvalue weighted by Gasteiger charge is 2.28. The second-order valence-electron chi connectivity index (χ2n) is 6.65. The number of hydrogen-bond donors (Lipinski definition) is 0. The predicted octanol–water partition coefficient (Wildman–Crippen LogP) is 3.34. The molecule has 0 aromatic heterocycles. The van der Waals surface area contributed by atoms with E-state index in [1.54, 1.807) is 18.9 Å². The van der Waals surface area contributed by atoms with Crippen LogP contribution in [-0.4, -0.2) is 55.6 Å². The molecule has 2 aromatic rings. The summed E-state index contributed by atoms with van der Waals surface area (Å²) in [7, 11) is 1.68. The van der Waals surface area contributed by atoms with E-state index in [-0.39, 0.29) is 11.7 Å². The monoisotopic (exact) mass is 382 g/mol. The number of piperazine rings is 1. The lowest BCUT2D eigenvalue weighted by molar-refractivity contribution is 0.0743. The molecule has 0 saturated carbocycles. The molecule has 1 fully saturated rings. The van der Waals surface area contributed by atoms with E-state index >= 15 is 0 Å². The van der Waals surface area contributed by atoms with Crippen LogP contribution in [0.5, 0.6) is 5.75 Å². The molecule has 1 amide bonds. The molecule has 0 aliphatic carbocycles. The lowest BCUT2D eigenvalue weighted by Crippen LogP contribution is -2.49. The van der Waals surface area contributed by atoms with Crippen LogP contribution in [0.25, 0.3) is 0 Å². The fourth-order valence-electron chi connectivity index (χ4n) is 3.67. The molecule has 27 heavy (non-hydrogen) atoms. The number of ether oxygens (including phenoxy) is 1. The average Bonchev–Trinajstić information content (AvgIpc) is 2.73. The number of hydrogen-bond acceptors (Lipinski definition) is 5. The number of rotatable bonds is 3. The van der Waals surface area contributed by atoms with Gasteiger partial charge in [0.25, 0.3) is 5.91 Å². The van der Waals surface area contributed by atoms with Gasteiger partial charge in [0, 0.05) is 48.8 Å². The Bertz CT molecular complexity index is 875. The maximum atomic E-state index is 13.1. The number of benzene rings is 2. The van der Waals surface area contributed by atoms with E-state index in [1.807, 2.05) is 47.4 Å². The highest BCUT2D eigenvalue weighted by molar-refractivity contribution is 7.99. The first-order valence-corrected chi connectivity index (χ1v) is 10.1. The Balaban J connectivity index is 1.50. The third kappa shape index (κ3) is 3.41. The molecule has 2 aromatic carbocycles. The largest absolute Gasteiger partial charge is 0.495 e. The number of carbonyl (C=O) groups excluding carboxylic acids is 2. The van der Waals surface area contributed by atoms with E-state index in [2.05, 4.69) is 4.90 Å². The second kappa shape index (κ2) is 7.64. The maximum Gasteiger partial charge on any atom is 0.255 e. The molecular formula is C21H22N2O3S. The van der Waals surface area contributed by atoms with E-state index in [4.69, 9.17) is 4.74 Å². The molecule has 2 aliphatic heterocycles. The zero-order chi connectivity index (χ0) is 18.8. The summed E-state index contributed by atoms with van der Waals surface area (Å²) in [6.07, 6.45) is 0.549. The summed E-state index contributed by atoms with van der Waals surface area (Å²) in [5, 5.41) is 0. The van der Waals surface area contributed by atoms with Crippen LogP contribution < -0.4 is 9.64 Å². The Morgan fingerprint density at radius 1 is 1.04 bits per heavy atom. The summed E-state index contributed by atoms with van der Waals surface area (Å²) >= 11 is 1.62. The third-order valence-electron chi connectivity index (χ3n) is 5.11. The summed E-state index contributed by atoms with van der Waals surface area (Å²) in [5.41, 5.74) is 2.42. The molecule has 0 radical (unpaired) electrons. The molecule has 0 atom stereocenters. The van der Waals surface area contributed by atoms with Crippen LogP contribution in [-0.2, 0) is 0 Å². The first-order chi connectivity index (χ1) is 13.2. The highest BCUT2D eigenvalue weighted by Crippen LogP contribution is 2.34. The number of Topliss-reactive ketones (excluding diaryl/α,β-unsaturated/α-hetero) is 1. The second-order valence-corrected chi connectivity index (χ2v) is 7.76. The Morgan fingerprint density at radius 3 is 2.59 bits per heavy atom. The van der Waals surface area contributed by atoms with Gasteiger partial charge in [-0.2, -0.15) is 0 Å². The molecule has 0 unspecified atom stereocenters. The van der Waals surface area contributed by atoms with Crippen LogP contribution in [0.15, 0.2) is 47.4 Å². The summed E-state index contributed by atoms with van der Waals surface area (Å²) in [4.78, 5) is 30.2. The number of ketones is 1. The average molecular weight is 382 g/mol. The third-order valence-corrected chi connectivity index (χ3v) is 6.25. The first kappa shape index (κ1) is 17.9. The number of methoxy groups -OCH3 is 1. The number of nitrogens with zero attached hydrogens (tertiary/aromatic N) is 2. The Hall–Kier alpha value is -2.47. The number of anilines is 1. The SMILES string of the molecule is COc1ccccc1N1CCN(C(=O)c2cccc3c2SCCC3=O)CC1. The lowest BCUT2D eigenvalue weighted by Gasteiger charge is -2.37. The molecule has 5 nitrogen and oxygen atoms in total. The highest BCUT2D eigenvalue weighted by atomic mass is 32.2. The van der Waals surface area contributed by atoms with Gasteiger partial charge in [-0.1, -0.05) is 24.3 Å². The molecule has 0 spiro atoms. The van der Waals surface area contributed by atoms with Crippen LogP contribution >= 0.6 is 11.8 Å². The number of amides is 1. The fraction of sp³-hybridized carbons (Fsp3) is 0.333. The molecule has 140 valence electrons. The number of thioether (sulfide) groups is 1. The Labute approximate surface area is 163 Å². The quantitative estimate of drug-likeness (QED) is 0.815. The topological polar surface area (TPSA) is 49.9 Å². The number of carbonyl (C=O) groups is 2. The summed E-state index contributed by atoms with van der Waals surface area (Å²) < 4.78 is 5.46. The molecule has 0 bridgehead atoms. The van der Waals surface area contributed by atoms with Gasteiger partial charge in [0.2, 0.25) is 0 Å². The van der Waals surface area contributed by atoms with Crippen molar-refractivity contribution in [3.8, 4) is 5.75 Å². The van der Waals surface area contributed by atoms with Crippen LogP contribution in [0.1, 0.15) is 27.1 Å². The van der Waals surface area contributed by atoms with Crippen molar-refractivity contribution >= 4 is 29.1 Å². The van der Waals surface area contributed by atoms with Crippen LogP contribution in [0.4, 0.5) is 5.69 Å². The van der Waals surface area contributed by atoms with Crippen molar-refractivity contribution in [3.05, 3.63) is 53.6 Å². The Morgan fingerprint density at radius 2 is 1.81 bits per heavy atom. The number of fused-ring (bicyclic) bond motifs is 1. The van der Waals surface area contributed by atoms with Crippen molar-refractivity contribution in [3.63, 3.8) is 0 Å². The van der Waals surface area contributed by atoms with Crippen LogP contribution in [0.2, 0.25) is 0 Å².